The molecule has 0 fully saturated rings. The molecule has 0 saturated carbocycles. The van der Waals surface area contributed by atoms with Crippen LogP contribution in [0.25, 0.3) is 10.9 Å². The van der Waals surface area contributed by atoms with Crippen molar-refractivity contribution in [3.8, 4) is 11.5 Å². The highest BCUT2D eigenvalue weighted by molar-refractivity contribution is 5.82. The van der Waals surface area contributed by atoms with E-state index in [9.17, 15) is 9.90 Å². The number of benzene rings is 2. The number of aryl methyl sites for hydroxylation is 1. The Bertz CT molecular complexity index is 1010. The van der Waals surface area contributed by atoms with Crippen LogP contribution in [0, 0.1) is 0 Å². The van der Waals surface area contributed by atoms with Gasteiger partial charge in [0, 0.05) is 12.5 Å². The Kier molecular flexibility index (Phi) is 4.81. The molecule has 3 aromatic rings. The minimum atomic E-state index is -0.210. The average Bonchev–Trinajstić information content (AvgIpc) is 2.72. The lowest BCUT2D eigenvalue weighted by molar-refractivity contribution is 0.202. The number of ether oxygens (including phenoxy) is 2. The number of aliphatic hydroxyl groups is 1. The summed E-state index contributed by atoms with van der Waals surface area (Å²) in [5.41, 5.74) is 1.50. The van der Waals surface area contributed by atoms with E-state index in [1.165, 1.54) is 0 Å². The summed E-state index contributed by atoms with van der Waals surface area (Å²) in [5.74, 6) is 1.77. The highest BCUT2D eigenvalue weighted by atomic mass is 16.5. The molecule has 1 N–H and O–H groups in total. The molecular weight excluding hydrogens is 344 g/mol. The van der Waals surface area contributed by atoms with Gasteiger partial charge in [0.2, 0.25) is 0 Å². The fourth-order valence-electron chi connectivity index (χ4n) is 3.61. The van der Waals surface area contributed by atoms with Crippen LogP contribution in [-0.2, 0) is 13.0 Å². The van der Waals surface area contributed by atoms with E-state index >= 15 is 0 Å². The lowest BCUT2D eigenvalue weighted by Gasteiger charge is -2.26. The van der Waals surface area contributed by atoms with Crippen LogP contribution in [0.5, 0.6) is 11.5 Å². The Morgan fingerprint density at radius 2 is 2.04 bits per heavy atom. The molecular formula is C21H22N2O4. The summed E-state index contributed by atoms with van der Waals surface area (Å²) in [6.45, 7) is 0.342. The number of hydrogen-bond donors (Lipinski definition) is 1. The van der Waals surface area contributed by atoms with E-state index < -0.39 is 0 Å². The molecule has 27 heavy (non-hydrogen) atoms. The van der Waals surface area contributed by atoms with Crippen molar-refractivity contribution in [1.82, 2.24) is 9.55 Å². The Morgan fingerprint density at radius 3 is 2.78 bits per heavy atom. The number of aromatic nitrogens is 2. The first-order valence-electron chi connectivity index (χ1n) is 9.12. The van der Waals surface area contributed by atoms with Crippen molar-refractivity contribution >= 4 is 10.9 Å². The summed E-state index contributed by atoms with van der Waals surface area (Å²) in [4.78, 5) is 17.7. The van der Waals surface area contributed by atoms with Gasteiger partial charge in [0.15, 0.2) is 11.5 Å². The largest absolute Gasteiger partial charge is 0.493 e. The van der Waals surface area contributed by atoms with Crippen molar-refractivity contribution in [2.45, 2.75) is 31.9 Å². The van der Waals surface area contributed by atoms with Crippen LogP contribution in [0.3, 0.4) is 0 Å². The molecule has 2 aromatic carbocycles. The molecule has 6 nitrogen and oxygen atoms in total. The predicted octanol–water partition coefficient (Wildman–Crippen LogP) is 2.85. The van der Waals surface area contributed by atoms with Crippen LogP contribution in [0.4, 0.5) is 0 Å². The third-order valence-electron chi connectivity index (χ3n) is 5.01. The standard InChI is InChI=1S/C21H22N2O4/c1-26-18-10-16-17(11-19(18)27-13-14-6-3-2-4-7-14)22-20-9-5-8-15(12-24)23(20)21(16)25/h2-4,6-7,10-11,15,24H,5,8-9,12-13H2,1H3/t15-/m0/s1. The zero-order chi connectivity index (χ0) is 18.8. The number of rotatable bonds is 5. The van der Waals surface area contributed by atoms with Crippen molar-refractivity contribution in [3.63, 3.8) is 0 Å². The summed E-state index contributed by atoms with van der Waals surface area (Å²) in [7, 11) is 1.55. The van der Waals surface area contributed by atoms with Crippen molar-refractivity contribution in [1.29, 1.82) is 0 Å². The van der Waals surface area contributed by atoms with E-state index in [4.69, 9.17) is 9.47 Å². The highest BCUT2D eigenvalue weighted by Gasteiger charge is 2.23. The van der Waals surface area contributed by atoms with Gasteiger partial charge in [-0.15, -0.1) is 0 Å². The van der Waals surface area contributed by atoms with E-state index in [1.54, 1.807) is 23.8 Å². The van der Waals surface area contributed by atoms with Gasteiger partial charge in [-0.05, 0) is 24.5 Å². The first kappa shape index (κ1) is 17.5. The third kappa shape index (κ3) is 3.28. The molecule has 0 aliphatic carbocycles. The second kappa shape index (κ2) is 7.40. The summed E-state index contributed by atoms with van der Waals surface area (Å²) < 4.78 is 13.0. The molecule has 4 rings (SSSR count). The number of fused-ring (bicyclic) bond motifs is 2. The zero-order valence-electron chi connectivity index (χ0n) is 15.2. The second-order valence-corrected chi connectivity index (χ2v) is 6.73. The predicted molar refractivity (Wildman–Crippen MR) is 102 cm³/mol. The Labute approximate surface area is 157 Å². The summed E-state index contributed by atoms with van der Waals surface area (Å²) in [5, 5.41) is 10.1. The van der Waals surface area contributed by atoms with E-state index in [0.717, 1.165) is 30.7 Å². The first-order chi connectivity index (χ1) is 13.2. The van der Waals surface area contributed by atoms with Gasteiger partial charge in [0.1, 0.15) is 12.4 Å². The maximum Gasteiger partial charge on any atom is 0.261 e. The van der Waals surface area contributed by atoms with Crippen LogP contribution in [0.2, 0.25) is 0 Å². The fraction of sp³-hybridized carbons (Fsp3) is 0.333. The Hall–Kier alpha value is -2.86. The first-order valence-corrected chi connectivity index (χ1v) is 9.12. The van der Waals surface area contributed by atoms with Gasteiger partial charge >= 0.3 is 0 Å². The molecule has 1 aliphatic heterocycles. The molecule has 6 heteroatoms. The fourth-order valence-corrected chi connectivity index (χ4v) is 3.61. The number of aliphatic hydroxyl groups excluding tert-OH is 1. The van der Waals surface area contributed by atoms with Crippen LogP contribution in [0.15, 0.2) is 47.3 Å². The highest BCUT2D eigenvalue weighted by Crippen LogP contribution is 2.32. The van der Waals surface area contributed by atoms with Crippen molar-refractivity contribution < 1.29 is 14.6 Å². The van der Waals surface area contributed by atoms with Gasteiger partial charge in [-0.1, -0.05) is 30.3 Å². The maximum absolute atomic E-state index is 13.0. The van der Waals surface area contributed by atoms with E-state index in [1.807, 2.05) is 30.3 Å². The molecule has 0 radical (unpaired) electrons. The molecule has 0 saturated heterocycles. The summed E-state index contributed by atoms with van der Waals surface area (Å²) in [6.07, 6.45) is 2.43. The molecule has 1 atom stereocenters. The van der Waals surface area contributed by atoms with E-state index in [2.05, 4.69) is 4.98 Å². The molecule has 0 bridgehead atoms. The summed E-state index contributed by atoms with van der Waals surface area (Å²) >= 11 is 0. The van der Waals surface area contributed by atoms with Gasteiger partial charge < -0.3 is 14.6 Å². The molecule has 2 heterocycles. The molecule has 0 spiro atoms. The number of hydrogen-bond acceptors (Lipinski definition) is 5. The van der Waals surface area contributed by atoms with Gasteiger partial charge in [-0.2, -0.15) is 0 Å². The van der Waals surface area contributed by atoms with Crippen molar-refractivity contribution in [2.24, 2.45) is 0 Å². The van der Waals surface area contributed by atoms with Gasteiger partial charge in [0.05, 0.1) is 30.7 Å². The third-order valence-corrected chi connectivity index (χ3v) is 5.01. The second-order valence-electron chi connectivity index (χ2n) is 6.73. The van der Waals surface area contributed by atoms with Crippen LogP contribution < -0.4 is 15.0 Å². The summed E-state index contributed by atoms with van der Waals surface area (Å²) in [6, 6.07) is 13.1. The van der Waals surface area contributed by atoms with E-state index in [0.29, 0.717) is 29.0 Å². The zero-order valence-corrected chi connectivity index (χ0v) is 15.2. The minimum absolute atomic E-state index is 0.0600. The monoisotopic (exact) mass is 366 g/mol. The SMILES string of the molecule is COc1cc2c(=O)n3c(nc2cc1OCc1ccccc1)CCC[C@H]3CO. The molecule has 0 amide bonds. The van der Waals surface area contributed by atoms with E-state index in [-0.39, 0.29) is 18.2 Å². The maximum atomic E-state index is 13.0. The minimum Gasteiger partial charge on any atom is -0.493 e. The molecule has 140 valence electrons. The van der Waals surface area contributed by atoms with Gasteiger partial charge in [0.25, 0.3) is 5.56 Å². The van der Waals surface area contributed by atoms with Crippen LogP contribution in [0.1, 0.15) is 30.3 Å². The number of methoxy groups -OCH3 is 1. The smallest absolute Gasteiger partial charge is 0.261 e. The molecule has 0 unspecified atom stereocenters. The lowest BCUT2D eigenvalue weighted by Crippen LogP contribution is -2.34. The number of nitrogens with zero attached hydrogens (tertiary/aromatic N) is 2. The Morgan fingerprint density at radius 1 is 1.22 bits per heavy atom. The normalized spacial score (nSPS) is 16.1. The average molecular weight is 366 g/mol. The lowest BCUT2D eigenvalue weighted by atomic mass is 10.0. The molecule has 1 aromatic heterocycles. The van der Waals surface area contributed by atoms with Gasteiger partial charge in [-0.3, -0.25) is 9.36 Å². The van der Waals surface area contributed by atoms with Crippen molar-refractivity contribution in [2.75, 3.05) is 13.7 Å². The van der Waals surface area contributed by atoms with Crippen LogP contribution in [-0.4, -0.2) is 28.4 Å². The topological polar surface area (TPSA) is 73.6 Å². The van der Waals surface area contributed by atoms with Crippen molar-refractivity contribution in [3.05, 3.63) is 64.2 Å². The van der Waals surface area contributed by atoms with Crippen LogP contribution >= 0.6 is 0 Å². The quantitative estimate of drug-likeness (QED) is 0.752. The Balaban J connectivity index is 1.77. The molecule has 1 aliphatic rings. The van der Waals surface area contributed by atoms with Gasteiger partial charge in [-0.25, -0.2) is 4.98 Å².